The van der Waals surface area contributed by atoms with Crippen LogP contribution in [0.25, 0.3) is 11.0 Å². The van der Waals surface area contributed by atoms with Crippen molar-refractivity contribution >= 4 is 22.8 Å². The molecule has 0 amide bonds. The first-order chi connectivity index (χ1) is 11.5. The zero-order chi connectivity index (χ0) is 17.3. The minimum atomic E-state index is -0.570. The van der Waals surface area contributed by atoms with Gasteiger partial charge in [0.15, 0.2) is 12.3 Å². The van der Waals surface area contributed by atoms with Crippen LogP contribution in [0.5, 0.6) is 0 Å². The molecule has 0 aliphatic carbocycles. The molecule has 0 saturated heterocycles. The third-order valence-electron chi connectivity index (χ3n) is 3.70. The van der Waals surface area contributed by atoms with E-state index in [4.69, 9.17) is 4.74 Å². The maximum atomic E-state index is 12.3. The Morgan fingerprint density at radius 1 is 1.38 bits per heavy atom. The Morgan fingerprint density at radius 3 is 2.83 bits per heavy atom. The van der Waals surface area contributed by atoms with Crippen molar-refractivity contribution in [1.82, 2.24) is 19.7 Å². The van der Waals surface area contributed by atoms with Gasteiger partial charge in [-0.25, -0.2) is 14.5 Å². The highest BCUT2D eigenvalue weighted by Crippen LogP contribution is 2.19. The summed E-state index contributed by atoms with van der Waals surface area (Å²) in [5.41, 5.74) is 2.01. The van der Waals surface area contributed by atoms with E-state index in [0.29, 0.717) is 17.0 Å². The van der Waals surface area contributed by atoms with E-state index >= 15 is 0 Å². The third kappa shape index (κ3) is 2.92. The molecule has 3 aromatic heterocycles. The molecule has 0 atom stereocenters. The molecule has 0 unspecified atom stereocenters. The van der Waals surface area contributed by atoms with Gasteiger partial charge in [-0.15, -0.1) is 0 Å². The summed E-state index contributed by atoms with van der Waals surface area (Å²) in [6.07, 6.45) is 3.31. The highest BCUT2D eigenvalue weighted by molar-refractivity contribution is 5.99. The van der Waals surface area contributed by atoms with Crippen molar-refractivity contribution in [1.29, 1.82) is 0 Å². The molecule has 0 radical (unpaired) electrons. The van der Waals surface area contributed by atoms with E-state index in [2.05, 4.69) is 15.1 Å². The van der Waals surface area contributed by atoms with E-state index in [9.17, 15) is 9.59 Å². The number of hydrogen-bond donors (Lipinski definition) is 1. The van der Waals surface area contributed by atoms with Gasteiger partial charge in [-0.2, -0.15) is 5.10 Å². The average Bonchev–Trinajstić information content (AvgIpc) is 3.20. The molecule has 7 heteroatoms. The largest absolute Gasteiger partial charge is 0.454 e. The Hall–Kier alpha value is -2.96. The predicted octanol–water partition coefficient (Wildman–Crippen LogP) is 2.69. The van der Waals surface area contributed by atoms with Gasteiger partial charge in [-0.1, -0.05) is 0 Å². The summed E-state index contributed by atoms with van der Waals surface area (Å²) in [4.78, 5) is 31.4. The van der Waals surface area contributed by atoms with E-state index in [1.807, 2.05) is 13.8 Å². The SMILES string of the molecule is Cc1nc2c(cnn2C(C)C)cc1C(=O)OCC(=O)c1ccc[nH]1. The molecule has 0 spiro atoms. The molecule has 0 bridgehead atoms. The third-order valence-corrected chi connectivity index (χ3v) is 3.70. The van der Waals surface area contributed by atoms with Crippen molar-refractivity contribution < 1.29 is 14.3 Å². The molecule has 3 aromatic rings. The molecule has 0 saturated carbocycles. The van der Waals surface area contributed by atoms with Crippen molar-refractivity contribution in [2.45, 2.75) is 26.8 Å². The monoisotopic (exact) mass is 326 g/mol. The molecule has 0 aromatic carbocycles. The summed E-state index contributed by atoms with van der Waals surface area (Å²) in [7, 11) is 0. The van der Waals surface area contributed by atoms with E-state index in [-0.39, 0.29) is 18.4 Å². The molecule has 24 heavy (non-hydrogen) atoms. The summed E-state index contributed by atoms with van der Waals surface area (Å²) < 4.78 is 6.92. The number of aromatic amines is 1. The number of rotatable bonds is 5. The molecule has 1 N–H and O–H groups in total. The summed E-state index contributed by atoms with van der Waals surface area (Å²) >= 11 is 0. The highest BCUT2D eigenvalue weighted by Gasteiger charge is 2.18. The fraction of sp³-hybridized carbons (Fsp3) is 0.294. The van der Waals surface area contributed by atoms with E-state index in [0.717, 1.165) is 11.0 Å². The standard InChI is InChI=1S/C17H18N4O3/c1-10(2)21-16-12(8-19-21)7-13(11(3)20-16)17(23)24-9-15(22)14-5-4-6-18-14/h4-8,10,18H,9H2,1-3H3. The number of pyridine rings is 1. The van der Waals surface area contributed by atoms with Crippen LogP contribution in [0, 0.1) is 6.92 Å². The first-order valence-electron chi connectivity index (χ1n) is 7.66. The minimum absolute atomic E-state index is 0.172. The number of nitrogens with zero attached hydrogens (tertiary/aromatic N) is 3. The lowest BCUT2D eigenvalue weighted by Gasteiger charge is -2.09. The van der Waals surface area contributed by atoms with Crippen LogP contribution < -0.4 is 0 Å². The minimum Gasteiger partial charge on any atom is -0.454 e. The molecule has 0 aliphatic rings. The normalized spacial score (nSPS) is 11.2. The van der Waals surface area contributed by atoms with Crippen molar-refractivity contribution in [2.75, 3.05) is 6.61 Å². The second-order valence-electron chi connectivity index (χ2n) is 5.80. The van der Waals surface area contributed by atoms with Gasteiger partial charge in [0.2, 0.25) is 5.78 Å². The maximum absolute atomic E-state index is 12.3. The summed E-state index contributed by atoms with van der Waals surface area (Å²) in [5.74, 6) is -0.855. The fourth-order valence-corrected chi connectivity index (χ4v) is 2.44. The van der Waals surface area contributed by atoms with Crippen molar-refractivity contribution in [3.8, 4) is 0 Å². The summed E-state index contributed by atoms with van der Waals surface area (Å²) in [6.45, 7) is 5.44. The molecule has 3 heterocycles. The number of ketones is 1. The Labute approximate surface area is 138 Å². The Morgan fingerprint density at radius 2 is 2.17 bits per heavy atom. The molecule has 0 fully saturated rings. The van der Waals surface area contributed by atoms with E-state index < -0.39 is 5.97 Å². The number of hydrogen-bond acceptors (Lipinski definition) is 5. The second kappa shape index (κ2) is 6.27. The van der Waals surface area contributed by atoms with Crippen LogP contribution in [0.15, 0.2) is 30.6 Å². The number of ether oxygens (including phenoxy) is 1. The predicted molar refractivity (Wildman–Crippen MR) is 88.1 cm³/mol. The van der Waals surface area contributed by atoms with Crippen LogP contribution >= 0.6 is 0 Å². The molecule has 124 valence electrons. The number of fused-ring (bicyclic) bond motifs is 1. The van der Waals surface area contributed by atoms with Crippen molar-refractivity contribution in [3.05, 3.63) is 47.5 Å². The molecular formula is C17H18N4O3. The number of H-pyrrole nitrogens is 1. The maximum Gasteiger partial charge on any atom is 0.340 e. The first kappa shape index (κ1) is 15.9. The number of aromatic nitrogens is 4. The van der Waals surface area contributed by atoms with Gasteiger partial charge in [0.05, 0.1) is 23.1 Å². The lowest BCUT2D eigenvalue weighted by atomic mass is 10.1. The number of carbonyl (C=O) groups is 2. The van der Waals surface area contributed by atoms with Gasteiger partial charge in [-0.3, -0.25) is 4.79 Å². The number of aryl methyl sites for hydroxylation is 1. The van der Waals surface area contributed by atoms with Gasteiger partial charge < -0.3 is 9.72 Å². The topological polar surface area (TPSA) is 89.9 Å². The van der Waals surface area contributed by atoms with Gasteiger partial charge >= 0.3 is 5.97 Å². The lowest BCUT2D eigenvalue weighted by Crippen LogP contribution is -2.16. The average molecular weight is 326 g/mol. The molecular weight excluding hydrogens is 308 g/mol. The van der Waals surface area contributed by atoms with Gasteiger partial charge in [-0.05, 0) is 39.0 Å². The van der Waals surface area contributed by atoms with Crippen molar-refractivity contribution in [2.24, 2.45) is 0 Å². The van der Waals surface area contributed by atoms with Crippen LogP contribution in [0.2, 0.25) is 0 Å². The van der Waals surface area contributed by atoms with Crippen LogP contribution in [0.4, 0.5) is 0 Å². The van der Waals surface area contributed by atoms with Crippen molar-refractivity contribution in [3.63, 3.8) is 0 Å². The number of nitrogens with one attached hydrogen (secondary N) is 1. The smallest absolute Gasteiger partial charge is 0.340 e. The zero-order valence-corrected chi connectivity index (χ0v) is 13.7. The van der Waals surface area contributed by atoms with Gasteiger partial charge in [0, 0.05) is 17.6 Å². The van der Waals surface area contributed by atoms with Crippen LogP contribution in [-0.4, -0.2) is 38.1 Å². The lowest BCUT2D eigenvalue weighted by molar-refractivity contribution is 0.0472. The van der Waals surface area contributed by atoms with E-state index in [1.54, 1.807) is 42.2 Å². The molecule has 7 nitrogen and oxygen atoms in total. The fourth-order valence-electron chi connectivity index (χ4n) is 2.44. The van der Waals surface area contributed by atoms with Crippen LogP contribution in [-0.2, 0) is 4.74 Å². The van der Waals surface area contributed by atoms with Gasteiger partial charge in [0.25, 0.3) is 0 Å². The second-order valence-corrected chi connectivity index (χ2v) is 5.80. The zero-order valence-electron chi connectivity index (χ0n) is 13.7. The Balaban J connectivity index is 1.80. The Kier molecular flexibility index (Phi) is 4.16. The molecule has 0 aliphatic heterocycles. The van der Waals surface area contributed by atoms with Gasteiger partial charge in [0.1, 0.15) is 0 Å². The molecule has 3 rings (SSSR count). The number of carbonyl (C=O) groups excluding carboxylic acids is 2. The summed E-state index contributed by atoms with van der Waals surface area (Å²) in [5, 5.41) is 5.05. The highest BCUT2D eigenvalue weighted by atomic mass is 16.5. The quantitative estimate of drug-likeness (QED) is 0.575. The number of Topliss-reactive ketones (excluding diaryl/α,β-unsaturated/α-hetero) is 1. The van der Waals surface area contributed by atoms with Crippen LogP contribution in [0.3, 0.4) is 0 Å². The summed E-state index contributed by atoms with van der Waals surface area (Å²) in [6, 6.07) is 5.22. The first-order valence-corrected chi connectivity index (χ1v) is 7.66. The Bertz CT molecular complexity index is 894. The number of esters is 1. The van der Waals surface area contributed by atoms with Crippen LogP contribution in [0.1, 0.15) is 46.4 Å². The van der Waals surface area contributed by atoms with E-state index in [1.165, 1.54) is 0 Å².